The minimum Gasteiger partial charge on any atom is -0.313 e. The third-order valence-electron chi connectivity index (χ3n) is 2.77. The minimum atomic E-state index is -3.47. The molecule has 1 heterocycles. The summed E-state index contributed by atoms with van der Waals surface area (Å²) >= 11 is 5.90. The van der Waals surface area contributed by atoms with Gasteiger partial charge >= 0.3 is 0 Å². The summed E-state index contributed by atoms with van der Waals surface area (Å²) in [5.41, 5.74) is 0. The fraction of sp³-hybridized carbons (Fsp3) is 0.400. The maximum absolute atomic E-state index is 12.2. The van der Waals surface area contributed by atoms with Gasteiger partial charge in [-0.3, -0.25) is 0 Å². The van der Waals surface area contributed by atoms with Crippen LogP contribution in [0.15, 0.2) is 29.2 Å². The zero-order valence-corrected chi connectivity index (χ0v) is 10.4. The topological polar surface area (TPSA) is 49.4 Å². The Labute approximate surface area is 100 Å². The molecule has 0 aliphatic carbocycles. The second-order valence-electron chi connectivity index (χ2n) is 3.76. The standard InChI is InChI=1S/C10H13ClN2O2S/c1-13(8-6-12-7-8)16(14,15)10-5-3-2-4-9(10)11/h2-5,8,12H,6-7H2,1H3. The van der Waals surface area contributed by atoms with Crippen molar-refractivity contribution in [1.82, 2.24) is 9.62 Å². The molecule has 88 valence electrons. The molecule has 0 amide bonds. The zero-order valence-electron chi connectivity index (χ0n) is 8.85. The van der Waals surface area contributed by atoms with Crippen LogP contribution in [0.2, 0.25) is 5.02 Å². The maximum atomic E-state index is 12.2. The van der Waals surface area contributed by atoms with Crippen molar-refractivity contribution in [3.63, 3.8) is 0 Å². The number of nitrogens with zero attached hydrogens (tertiary/aromatic N) is 1. The number of nitrogens with one attached hydrogen (secondary N) is 1. The van der Waals surface area contributed by atoms with E-state index in [1.165, 1.54) is 10.4 Å². The molecule has 0 aromatic heterocycles. The molecule has 0 atom stereocenters. The van der Waals surface area contributed by atoms with Gasteiger partial charge in [0.05, 0.1) is 5.02 Å². The molecule has 2 rings (SSSR count). The van der Waals surface area contributed by atoms with Crippen LogP contribution in [0.5, 0.6) is 0 Å². The number of benzene rings is 1. The van der Waals surface area contributed by atoms with Crippen molar-refractivity contribution in [3.05, 3.63) is 29.3 Å². The highest BCUT2D eigenvalue weighted by Crippen LogP contribution is 2.25. The monoisotopic (exact) mass is 260 g/mol. The second-order valence-corrected chi connectivity index (χ2v) is 6.14. The van der Waals surface area contributed by atoms with Crippen LogP contribution in [0.3, 0.4) is 0 Å². The highest BCUT2D eigenvalue weighted by molar-refractivity contribution is 7.89. The van der Waals surface area contributed by atoms with E-state index >= 15 is 0 Å². The van der Waals surface area contributed by atoms with Gasteiger partial charge in [-0.2, -0.15) is 4.31 Å². The van der Waals surface area contributed by atoms with Crippen molar-refractivity contribution in [2.24, 2.45) is 0 Å². The summed E-state index contributed by atoms with van der Waals surface area (Å²) < 4.78 is 25.8. The molecular weight excluding hydrogens is 248 g/mol. The molecule has 0 radical (unpaired) electrons. The lowest BCUT2D eigenvalue weighted by atomic mass is 10.2. The molecule has 16 heavy (non-hydrogen) atoms. The molecule has 0 saturated carbocycles. The minimum absolute atomic E-state index is 0.0290. The van der Waals surface area contributed by atoms with Crippen molar-refractivity contribution in [2.75, 3.05) is 20.1 Å². The first-order chi connectivity index (χ1) is 7.53. The molecule has 1 saturated heterocycles. The highest BCUT2D eigenvalue weighted by atomic mass is 35.5. The fourth-order valence-electron chi connectivity index (χ4n) is 1.54. The van der Waals surface area contributed by atoms with E-state index in [4.69, 9.17) is 11.6 Å². The van der Waals surface area contributed by atoms with Gasteiger partial charge in [0.1, 0.15) is 4.90 Å². The van der Waals surface area contributed by atoms with E-state index in [0.29, 0.717) is 13.1 Å². The number of halogens is 1. The van der Waals surface area contributed by atoms with Gasteiger partial charge in [0.25, 0.3) is 0 Å². The van der Waals surface area contributed by atoms with E-state index in [2.05, 4.69) is 5.32 Å². The third kappa shape index (κ3) is 1.96. The van der Waals surface area contributed by atoms with Crippen molar-refractivity contribution in [1.29, 1.82) is 0 Å². The van der Waals surface area contributed by atoms with Gasteiger partial charge in [-0.15, -0.1) is 0 Å². The summed E-state index contributed by atoms with van der Waals surface area (Å²) in [6.07, 6.45) is 0. The molecule has 0 bridgehead atoms. The maximum Gasteiger partial charge on any atom is 0.244 e. The first-order valence-corrected chi connectivity index (χ1v) is 6.78. The summed E-state index contributed by atoms with van der Waals surface area (Å²) in [6.45, 7) is 1.39. The van der Waals surface area contributed by atoms with E-state index in [1.807, 2.05) is 0 Å². The summed E-state index contributed by atoms with van der Waals surface area (Å²) in [5, 5.41) is 3.31. The Kier molecular flexibility index (Phi) is 3.21. The van der Waals surface area contributed by atoms with Crippen LogP contribution in [-0.4, -0.2) is 38.9 Å². The molecule has 1 aromatic rings. The largest absolute Gasteiger partial charge is 0.313 e. The summed E-state index contributed by atoms with van der Waals surface area (Å²) in [6, 6.07) is 6.53. The quantitative estimate of drug-likeness (QED) is 0.880. The lowest BCUT2D eigenvalue weighted by molar-refractivity contribution is 0.274. The number of rotatable bonds is 3. The van der Waals surface area contributed by atoms with Crippen LogP contribution in [-0.2, 0) is 10.0 Å². The van der Waals surface area contributed by atoms with Gasteiger partial charge in [0.2, 0.25) is 10.0 Å². The molecule has 1 fully saturated rings. The molecule has 0 unspecified atom stereocenters. The molecule has 6 heteroatoms. The Morgan fingerprint density at radius 3 is 2.50 bits per heavy atom. The van der Waals surface area contributed by atoms with Gasteiger partial charge in [-0.1, -0.05) is 23.7 Å². The molecule has 1 N–H and O–H groups in total. The number of hydrogen-bond donors (Lipinski definition) is 1. The van der Waals surface area contributed by atoms with Gasteiger partial charge in [-0.25, -0.2) is 8.42 Å². The van der Waals surface area contributed by atoms with E-state index in [1.54, 1.807) is 25.2 Å². The van der Waals surface area contributed by atoms with Crippen molar-refractivity contribution in [3.8, 4) is 0 Å². The molecule has 1 aliphatic heterocycles. The van der Waals surface area contributed by atoms with Gasteiger partial charge < -0.3 is 5.32 Å². The molecule has 0 spiro atoms. The smallest absolute Gasteiger partial charge is 0.244 e. The SMILES string of the molecule is CN(C1CNC1)S(=O)(=O)c1ccccc1Cl. The van der Waals surface area contributed by atoms with Gasteiger partial charge in [-0.05, 0) is 12.1 Å². The zero-order chi connectivity index (χ0) is 11.8. The first kappa shape index (κ1) is 11.9. The van der Waals surface area contributed by atoms with Crippen molar-refractivity contribution >= 4 is 21.6 Å². The van der Waals surface area contributed by atoms with Crippen molar-refractivity contribution < 1.29 is 8.42 Å². The second kappa shape index (κ2) is 4.33. The Morgan fingerprint density at radius 2 is 2.00 bits per heavy atom. The van der Waals surface area contributed by atoms with Crippen LogP contribution in [0.25, 0.3) is 0 Å². The number of likely N-dealkylation sites (N-methyl/N-ethyl adjacent to an activating group) is 1. The molecule has 4 nitrogen and oxygen atoms in total. The molecule has 1 aliphatic rings. The Hall–Kier alpha value is -0.620. The number of hydrogen-bond acceptors (Lipinski definition) is 3. The predicted octanol–water partition coefficient (Wildman–Crippen LogP) is 0.932. The van der Waals surface area contributed by atoms with E-state index < -0.39 is 10.0 Å². The van der Waals surface area contributed by atoms with Crippen LogP contribution in [0, 0.1) is 0 Å². The van der Waals surface area contributed by atoms with E-state index in [0.717, 1.165) is 0 Å². The van der Waals surface area contributed by atoms with Crippen LogP contribution in [0.4, 0.5) is 0 Å². The Bertz CT molecular complexity index is 485. The molecular formula is C10H13ClN2O2S. The fourth-order valence-corrected chi connectivity index (χ4v) is 3.38. The van der Waals surface area contributed by atoms with E-state index in [9.17, 15) is 8.42 Å². The predicted molar refractivity (Wildman–Crippen MR) is 63.1 cm³/mol. The first-order valence-electron chi connectivity index (χ1n) is 4.97. The van der Waals surface area contributed by atoms with Gasteiger partial charge in [0.15, 0.2) is 0 Å². The average Bonchev–Trinajstić information content (AvgIpc) is 2.15. The van der Waals surface area contributed by atoms with Crippen LogP contribution < -0.4 is 5.32 Å². The lowest BCUT2D eigenvalue weighted by Gasteiger charge is -2.34. The Balaban J connectivity index is 2.35. The Morgan fingerprint density at radius 1 is 1.38 bits per heavy atom. The summed E-state index contributed by atoms with van der Waals surface area (Å²) in [7, 11) is -1.88. The average molecular weight is 261 g/mol. The van der Waals surface area contributed by atoms with Crippen molar-refractivity contribution in [2.45, 2.75) is 10.9 Å². The van der Waals surface area contributed by atoms with Crippen LogP contribution >= 0.6 is 11.6 Å². The lowest BCUT2D eigenvalue weighted by Crippen LogP contribution is -2.57. The third-order valence-corrected chi connectivity index (χ3v) is 5.18. The highest BCUT2D eigenvalue weighted by Gasteiger charge is 2.32. The normalized spacial score (nSPS) is 17.4. The van der Waals surface area contributed by atoms with E-state index in [-0.39, 0.29) is 16.0 Å². The van der Waals surface area contributed by atoms with Gasteiger partial charge in [0, 0.05) is 26.2 Å². The summed E-state index contributed by atoms with van der Waals surface area (Å²) in [5.74, 6) is 0. The van der Waals surface area contributed by atoms with Crippen LogP contribution in [0.1, 0.15) is 0 Å². The summed E-state index contributed by atoms with van der Waals surface area (Å²) in [4.78, 5) is 0.172. The molecule has 1 aromatic carbocycles. The number of sulfonamides is 1.